The highest BCUT2D eigenvalue weighted by Crippen LogP contribution is 2.30. The lowest BCUT2D eigenvalue weighted by Crippen LogP contribution is -2.36. The molecule has 1 aromatic carbocycles. The second-order valence-corrected chi connectivity index (χ2v) is 6.16. The summed E-state index contributed by atoms with van der Waals surface area (Å²) < 4.78 is 7.74. The number of aromatic nitrogens is 2. The lowest BCUT2D eigenvalue weighted by molar-refractivity contribution is 0.296. The molecule has 0 bridgehead atoms. The lowest BCUT2D eigenvalue weighted by Gasteiger charge is -2.14. The number of hydrogen-bond donors (Lipinski definition) is 2. The molecular weight excluding hydrogens is 302 g/mol. The Morgan fingerprint density at radius 3 is 2.79 bits per heavy atom. The van der Waals surface area contributed by atoms with Crippen LogP contribution in [0.25, 0.3) is 0 Å². The molecule has 0 atom stereocenters. The summed E-state index contributed by atoms with van der Waals surface area (Å²) in [7, 11) is 3.68. The summed E-state index contributed by atoms with van der Waals surface area (Å²) in [5, 5.41) is 10.8. The van der Waals surface area contributed by atoms with Crippen molar-refractivity contribution < 1.29 is 4.74 Å². The largest absolute Gasteiger partial charge is 0.493 e. The van der Waals surface area contributed by atoms with Gasteiger partial charge in [-0.2, -0.15) is 5.10 Å². The smallest absolute Gasteiger partial charge is 0.191 e. The first-order valence-corrected chi connectivity index (χ1v) is 8.37. The van der Waals surface area contributed by atoms with E-state index < -0.39 is 0 Å². The van der Waals surface area contributed by atoms with Gasteiger partial charge in [-0.25, -0.2) is 0 Å². The number of ether oxygens (including phenoxy) is 1. The van der Waals surface area contributed by atoms with E-state index in [2.05, 4.69) is 26.8 Å². The lowest BCUT2D eigenvalue weighted by atomic mass is 10.2. The van der Waals surface area contributed by atoms with E-state index >= 15 is 0 Å². The predicted octanol–water partition coefficient (Wildman–Crippen LogP) is 2.07. The van der Waals surface area contributed by atoms with Gasteiger partial charge in [0, 0.05) is 44.5 Å². The van der Waals surface area contributed by atoms with Crippen molar-refractivity contribution in [1.82, 2.24) is 20.4 Å². The van der Waals surface area contributed by atoms with Crippen LogP contribution in [-0.4, -0.2) is 29.4 Å². The van der Waals surface area contributed by atoms with Crippen molar-refractivity contribution in [2.24, 2.45) is 18.0 Å². The Labute approximate surface area is 142 Å². The van der Waals surface area contributed by atoms with Gasteiger partial charge in [-0.05, 0) is 24.8 Å². The van der Waals surface area contributed by atoms with Crippen LogP contribution in [0, 0.1) is 5.92 Å². The van der Waals surface area contributed by atoms with E-state index in [-0.39, 0.29) is 0 Å². The molecule has 1 aliphatic carbocycles. The molecule has 2 aromatic rings. The number of aliphatic imine (C=N–C) groups is 1. The van der Waals surface area contributed by atoms with Gasteiger partial charge in [-0.3, -0.25) is 9.67 Å². The molecule has 3 rings (SSSR count). The molecule has 0 unspecified atom stereocenters. The maximum atomic E-state index is 5.95. The highest BCUT2D eigenvalue weighted by atomic mass is 16.5. The molecule has 6 nitrogen and oxygen atoms in total. The van der Waals surface area contributed by atoms with Crippen LogP contribution in [0.4, 0.5) is 0 Å². The molecule has 1 aliphatic rings. The average molecular weight is 327 g/mol. The van der Waals surface area contributed by atoms with Gasteiger partial charge in [0.25, 0.3) is 0 Å². The summed E-state index contributed by atoms with van der Waals surface area (Å²) in [4.78, 5) is 4.27. The normalized spacial score (nSPS) is 14.5. The Bertz CT molecular complexity index is 690. The molecule has 0 aliphatic heterocycles. The fourth-order valence-corrected chi connectivity index (χ4v) is 2.43. The Kier molecular flexibility index (Phi) is 5.36. The van der Waals surface area contributed by atoms with Gasteiger partial charge in [-0.1, -0.05) is 18.2 Å². The van der Waals surface area contributed by atoms with Crippen molar-refractivity contribution in [2.75, 3.05) is 13.7 Å². The number of hydrogen-bond acceptors (Lipinski definition) is 3. The van der Waals surface area contributed by atoms with Crippen LogP contribution >= 0.6 is 0 Å². The summed E-state index contributed by atoms with van der Waals surface area (Å²) in [5.74, 6) is 2.47. The standard InChI is InChI=1S/C18H25N5O/c1-19-18(20-9-15-10-22-23(2)12-15)21-11-16-5-3-4-6-17(16)24-13-14-7-8-14/h3-6,10,12,14H,7-9,11,13H2,1-2H3,(H2,19,20,21). The van der Waals surface area contributed by atoms with E-state index in [0.29, 0.717) is 13.1 Å². The fraction of sp³-hybridized carbons (Fsp3) is 0.444. The van der Waals surface area contributed by atoms with Crippen LogP contribution in [-0.2, 0) is 20.1 Å². The number of nitrogens with one attached hydrogen (secondary N) is 2. The minimum absolute atomic E-state index is 0.674. The minimum Gasteiger partial charge on any atom is -0.493 e. The summed E-state index contributed by atoms with van der Waals surface area (Å²) in [5.41, 5.74) is 2.26. The van der Waals surface area contributed by atoms with Crippen LogP contribution in [0.2, 0.25) is 0 Å². The van der Waals surface area contributed by atoms with Gasteiger partial charge < -0.3 is 15.4 Å². The zero-order valence-electron chi connectivity index (χ0n) is 14.3. The van der Waals surface area contributed by atoms with E-state index in [1.165, 1.54) is 12.8 Å². The Hall–Kier alpha value is -2.50. The quantitative estimate of drug-likeness (QED) is 0.604. The van der Waals surface area contributed by atoms with E-state index in [9.17, 15) is 0 Å². The first-order chi connectivity index (χ1) is 11.7. The second kappa shape index (κ2) is 7.86. The van der Waals surface area contributed by atoms with Crippen LogP contribution in [0.15, 0.2) is 41.7 Å². The zero-order valence-corrected chi connectivity index (χ0v) is 14.3. The molecule has 0 amide bonds. The van der Waals surface area contributed by atoms with E-state index in [0.717, 1.165) is 35.4 Å². The number of aryl methyl sites for hydroxylation is 1. The van der Waals surface area contributed by atoms with Gasteiger partial charge in [0.1, 0.15) is 5.75 Å². The third-order valence-electron chi connectivity index (χ3n) is 4.03. The fourth-order valence-electron chi connectivity index (χ4n) is 2.43. The number of guanidine groups is 1. The van der Waals surface area contributed by atoms with Gasteiger partial charge in [0.2, 0.25) is 0 Å². The van der Waals surface area contributed by atoms with Crippen LogP contribution in [0.3, 0.4) is 0 Å². The molecule has 0 spiro atoms. The molecule has 24 heavy (non-hydrogen) atoms. The second-order valence-electron chi connectivity index (χ2n) is 6.16. The van der Waals surface area contributed by atoms with Gasteiger partial charge in [0.15, 0.2) is 5.96 Å². The first kappa shape index (κ1) is 16.4. The van der Waals surface area contributed by atoms with Crippen LogP contribution in [0.5, 0.6) is 5.75 Å². The predicted molar refractivity (Wildman–Crippen MR) is 94.9 cm³/mol. The molecule has 1 aromatic heterocycles. The van der Waals surface area contributed by atoms with Crippen molar-refractivity contribution in [2.45, 2.75) is 25.9 Å². The van der Waals surface area contributed by atoms with Gasteiger partial charge >= 0.3 is 0 Å². The van der Waals surface area contributed by atoms with E-state index in [4.69, 9.17) is 4.74 Å². The first-order valence-electron chi connectivity index (χ1n) is 8.37. The zero-order chi connectivity index (χ0) is 16.8. The van der Waals surface area contributed by atoms with Crippen LogP contribution in [0.1, 0.15) is 24.0 Å². The molecular formula is C18H25N5O. The summed E-state index contributed by atoms with van der Waals surface area (Å²) in [6, 6.07) is 8.17. The topological polar surface area (TPSA) is 63.5 Å². The number of benzene rings is 1. The van der Waals surface area contributed by atoms with Gasteiger partial charge in [-0.15, -0.1) is 0 Å². The SMILES string of the molecule is CN=C(NCc1cnn(C)c1)NCc1ccccc1OCC1CC1. The van der Waals surface area contributed by atoms with E-state index in [1.54, 1.807) is 11.7 Å². The summed E-state index contributed by atoms with van der Waals surface area (Å²) in [6.07, 6.45) is 6.43. The molecule has 6 heteroatoms. The van der Waals surface area contributed by atoms with Crippen molar-refractivity contribution >= 4 is 5.96 Å². The number of nitrogens with zero attached hydrogens (tertiary/aromatic N) is 3. The third kappa shape index (κ3) is 4.75. The average Bonchev–Trinajstić information content (AvgIpc) is 3.34. The molecule has 128 valence electrons. The maximum Gasteiger partial charge on any atom is 0.191 e. The molecule has 2 N–H and O–H groups in total. The minimum atomic E-state index is 0.674. The molecule has 1 heterocycles. The number of para-hydroxylation sites is 1. The van der Waals surface area contributed by atoms with E-state index in [1.807, 2.05) is 37.6 Å². The van der Waals surface area contributed by atoms with Crippen LogP contribution < -0.4 is 15.4 Å². The van der Waals surface area contributed by atoms with Crippen molar-refractivity contribution in [3.05, 3.63) is 47.8 Å². The van der Waals surface area contributed by atoms with Gasteiger partial charge in [0.05, 0.1) is 12.8 Å². The molecule has 1 fully saturated rings. The highest BCUT2D eigenvalue weighted by molar-refractivity contribution is 5.79. The monoisotopic (exact) mass is 327 g/mol. The Morgan fingerprint density at radius 1 is 1.29 bits per heavy atom. The number of rotatable bonds is 7. The highest BCUT2D eigenvalue weighted by Gasteiger charge is 2.22. The van der Waals surface area contributed by atoms with Crippen molar-refractivity contribution in [3.8, 4) is 5.75 Å². The third-order valence-corrected chi connectivity index (χ3v) is 4.03. The maximum absolute atomic E-state index is 5.95. The molecule has 0 saturated heterocycles. The molecule has 0 radical (unpaired) electrons. The van der Waals surface area contributed by atoms with Crippen molar-refractivity contribution in [3.63, 3.8) is 0 Å². The summed E-state index contributed by atoms with van der Waals surface area (Å²) >= 11 is 0. The Morgan fingerprint density at radius 2 is 2.08 bits per heavy atom. The van der Waals surface area contributed by atoms with Crippen molar-refractivity contribution in [1.29, 1.82) is 0 Å². The molecule has 1 saturated carbocycles. The summed E-state index contributed by atoms with van der Waals surface area (Å²) in [6.45, 7) is 2.19. The Balaban J connectivity index is 1.51.